The Balaban J connectivity index is 1.98. The van der Waals surface area contributed by atoms with Crippen LogP contribution in [0.15, 0.2) is 65.1 Å². The highest BCUT2D eigenvalue weighted by molar-refractivity contribution is 9.10. The highest BCUT2D eigenvalue weighted by atomic mass is 79.9. The van der Waals surface area contributed by atoms with Crippen LogP contribution in [0.2, 0.25) is 0 Å². The number of benzene rings is 2. The number of pyridine rings is 1. The molecule has 0 aliphatic carbocycles. The molecule has 2 nitrogen and oxygen atoms in total. The lowest BCUT2D eigenvalue weighted by Gasteiger charge is -2.19. The Bertz CT molecular complexity index is 756. The number of halogens is 1. The summed E-state index contributed by atoms with van der Waals surface area (Å²) in [7, 11) is 0. The molecule has 2 aromatic carbocycles. The number of likely N-dealkylation sites (N-methyl/N-ethyl adjacent to an activating group) is 1. The first-order chi connectivity index (χ1) is 10.8. The first-order valence-corrected chi connectivity index (χ1v) is 8.39. The van der Waals surface area contributed by atoms with E-state index in [9.17, 15) is 0 Å². The zero-order chi connectivity index (χ0) is 15.4. The summed E-state index contributed by atoms with van der Waals surface area (Å²) in [5.41, 5.74) is 3.43. The molecule has 0 spiro atoms. The Morgan fingerprint density at radius 2 is 1.77 bits per heavy atom. The summed E-state index contributed by atoms with van der Waals surface area (Å²) in [5, 5.41) is 4.72. The molecular formula is C19H19BrN2. The van der Waals surface area contributed by atoms with E-state index in [-0.39, 0.29) is 6.04 Å². The third-order valence-electron chi connectivity index (χ3n) is 3.77. The van der Waals surface area contributed by atoms with E-state index in [0.29, 0.717) is 0 Å². The molecule has 112 valence electrons. The van der Waals surface area contributed by atoms with Gasteiger partial charge in [-0.1, -0.05) is 55.5 Å². The van der Waals surface area contributed by atoms with Gasteiger partial charge >= 0.3 is 0 Å². The quantitative estimate of drug-likeness (QED) is 0.705. The molecule has 3 heteroatoms. The van der Waals surface area contributed by atoms with Crippen molar-refractivity contribution in [2.45, 2.75) is 19.4 Å². The summed E-state index contributed by atoms with van der Waals surface area (Å²) < 4.78 is 1.06. The Kier molecular flexibility index (Phi) is 4.86. The predicted octanol–water partition coefficient (Wildman–Crippen LogP) is 4.89. The number of nitrogens with one attached hydrogen (secondary N) is 1. The SMILES string of the molecule is CCNC(Cc1ccccc1)c1nc2ccccc2cc1Br. The number of rotatable bonds is 5. The molecule has 3 aromatic rings. The molecular weight excluding hydrogens is 336 g/mol. The highest BCUT2D eigenvalue weighted by Crippen LogP contribution is 2.28. The molecule has 0 saturated carbocycles. The fourth-order valence-electron chi connectivity index (χ4n) is 2.71. The second kappa shape index (κ2) is 7.03. The molecule has 1 N–H and O–H groups in total. The monoisotopic (exact) mass is 354 g/mol. The van der Waals surface area contributed by atoms with Crippen LogP contribution >= 0.6 is 15.9 Å². The number of hydrogen-bond acceptors (Lipinski definition) is 2. The summed E-state index contributed by atoms with van der Waals surface area (Å²) in [6, 6.07) is 21.2. The van der Waals surface area contributed by atoms with Crippen LogP contribution in [0.25, 0.3) is 10.9 Å². The van der Waals surface area contributed by atoms with Gasteiger partial charge in [0.25, 0.3) is 0 Å². The van der Waals surface area contributed by atoms with Gasteiger partial charge in [-0.05, 0) is 46.6 Å². The third-order valence-corrected chi connectivity index (χ3v) is 4.40. The van der Waals surface area contributed by atoms with E-state index in [1.54, 1.807) is 0 Å². The van der Waals surface area contributed by atoms with Gasteiger partial charge in [0.2, 0.25) is 0 Å². The molecule has 0 aliphatic rings. The average molecular weight is 355 g/mol. The van der Waals surface area contributed by atoms with Gasteiger partial charge in [-0.25, -0.2) is 4.98 Å². The molecule has 0 aliphatic heterocycles. The van der Waals surface area contributed by atoms with Crippen LogP contribution in [0.4, 0.5) is 0 Å². The van der Waals surface area contributed by atoms with Crippen LogP contribution in [-0.4, -0.2) is 11.5 Å². The molecule has 1 aromatic heterocycles. The molecule has 1 unspecified atom stereocenters. The standard InChI is InChI=1S/C19H19BrN2/c1-2-21-18(12-14-8-4-3-5-9-14)19-16(20)13-15-10-6-7-11-17(15)22-19/h3-11,13,18,21H,2,12H2,1H3. The fraction of sp³-hybridized carbons (Fsp3) is 0.211. The van der Waals surface area contributed by atoms with Gasteiger partial charge in [-0.3, -0.25) is 0 Å². The summed E-state index contributed by atoms with van der Waals surface area (Å²) in [4.78, 5) is 4.88. The number of aromatic nitrogens is 1. The van der Waals surface area contributed by atoms with Crippen molar-refractivity contribution >= 4 is 26.8 Å². The van der Waals surface area contributed by atoms with Crippen molar-refractivity contribution < 1.29 is 0 Å². The molecule has 0 fully saturated rings. The lowest BCUT2D eigenvalue weighted by atomic mass is 10.0. The predicted molar refractivity (Wildman–Crippen MR) is 96.0 cm³/mol. The van der Waals surface area contributed by atoms with Crippen molar-refractivity contribution in [3.8, 4) is 0 Å². The van der Waals surface area contributed by atoms with E-state index in [4.69, 9.17) is 4.98 Å². The summed E-state index contributed by atoms with van der Waals surface area (Å²) in [6.07, 6.45) is 0.929. The molecule has 1 heterocycles. The minimum absolute atomic E-state index is 0.200. The van der Waals surface area contributed by atoms with Gasteiger partial charge in [0.15, 0.2) is 0 Å². The Hall–Kier alpha value is -1.71. The number of fused-ring (bicyclic) bond motifs is 1. The smallest absolute Gasteiger partial charge is 0.0726 e. The van der Waals surface area contributed by atoms with Crippen molar-refractivity contribution in [3.05, 3.63) is 76.4 Å². The van der Waals surface area contributed by atoms with E-state index in [1.807, 2.05) is 12.1 Å². The largest absolute Gasteiger partial charge is 0.309 e. The van der Waals surface area contributed by atoms with E-state index in [0.717, 1.165) is 34.0 Å². The van der Waals surface area contributed by atoms with Crippen LogP contribution < -0.4 is 5.32 Å². The Labute approximate surface area is 139 Å². The maximum absolute atomic E-state index is 4.88. The minimum Gasteiger partial charge on any atom is -0.309 e. The zero-order valence-electron chi connectivity index (χ0n) is 12.6. The van der Waals surface area contributed by atoms with Crippen LogP contribution in [0.1, 0.15) is 24.2 Å². The van der Waals surface area contributed by atoms with Crippen molar-refractivity contribution in [1.82, 2.24) is 10.3 Å². The maximum Gasteiger partial charge on any atom is 0.0726 e. The van der Waals surface area contributed by atoms with Crippen molar-refractivity contribution in [3.63, 3.8) is 0 Å². The Morgan fingerprint density at radius 3 is 2.55 bits per heavy atom. The lowest BCUT2D eigenvalue weighted by Crippen LogP contribution is -2.24. The molecule has 0 bridgehead atoms. The van der Waals surface area contributed by atoms with E-state index in [2.05, 4.69) is 76.7 Å². The van der Waals surface area contributed by atoms with Gasteiger partial charge < -0.3 is 5.32 Å². The average Bonchev–Trinajstić information content (AvgIpc) is 2.55. The molecule has 22 heavy (non-hydrogen) atoms. The fourth-order valence-corrected chi connectivity index (χ4v) is 3.32. The molecule has 0 saturated heterocycles. The van der Waals surface area contributed by atoms with Gasteiger partial charge in [0.1, 0.15) is 0 Å². The number of nitrogens with zero attached hydrogens (tertiary/aromatic N) is 1. The third kappa shape index (κ3) is 3.37. The maximum atomic E-state index is 4.88. The molecule has 3 rings (SSSR count). The Morgan fingerprint density at radius 1 is 1.05 bits per heavy atom. The minimum atomic E-state index is 0.200. The van der Waals surface area contributed by atoms with Gasteiger partial charge in [-0.2, -0.15) is 0 Å². The first-order valence-electron chi connectivity index (χ1n) is 7.60. The van der Waals surface area contributed by atoms with Crippen molar-refractivity contribution in [2.75, 3.05) is 6.54 Å². The van der Waals surface area contributed by atoms with E-state index in [1.165, 1.54) is 5.56 Å². The van der Waals surface area contributed by atoms with Crippen LogP contribution in [-0.2, 0) is 6.42 Å². The van der Waals surface area contributed by atoms with Gasteiger partial charge in [0.05, 0.1) is 17.3 Å². The lowest BCUT2D eigenvalue weighted by molar-refractivity contribution is 0.536. The highest BCUT2D eigenvalue weighted by Gasteiger charge is 2.16. The normalized spacial score (nSPS) is 12.5. The number of para-hydroxylation sites is 1. The first kappa shape index (κ1) is 15.2. The molecule has 1 atom stereocenters. The van der Waals surface area contributed by atoms with Crippen molar-refractivity contribution in [1.29, 1.82) is 0 Å². The zero-order valence-corrected chi connectivity index (χ0v) is 14.2. The second-order valence-electron chi connectivity index (χ2n) is 5.35. The van der Waals surface area contributed by atoms with Crippen LogP contribution in [0.3, 0.4) is 0 Å². The van der Waals surface area contributed by atoms with Crippen LogP contribution in [0.5, 0.6) is 0 Å². The van der Waals surface area contributed by atoms with E-state index >= 15 is 0 Å². The number of hydrogen-bond donors (Lipinski definition) is 1. The molecule has 0 amide bonds. The summed E-state index contributed by atoms with van der Waals surface area (Å²) in [5.74, 6) is 0. The second-order valence-corrected chi connectivity index (χ2v) is 6.20. The van der Waals surface area contributed by atoms with E-state index < -0.39 is 0 Å². The molecule has 0 radical (unpaired) electrons. The van der Waals surface area contributed by atoms with Crippen molar-refractivity contribution in [2.24, 2.45) is 0 Å². The topological polar surface area (TPSA) is 24.9 Å². The van der Waals surface area contributed by atoms with Gasteiger partial charge in [0, 0.05) is 9.86 Å². The summed E-state index contributed by atoms with van der Waals surface area (Å²) >= 11 is 3.70. The summed E-state index contributed by atoms with van der Waals surface area (Å²) in [6.45, 7) is 3.05. The van der Waals surface area contributed by atoms with Gasteiger partial charge in [-0.15, -0.1) is 0 Å². The van der Waals surface area contributed by atoms with Crippen LogP contribution in [0, 0.1) is 0 Å².